The van der Waals surface area contributed by atoms with Gasteiger partial charge >= 0.3 is 0 Å². The molecule has 2 rings (SSSR count). The topological polar surface area (TPSA) is 58.2 Å². The van der Waals surface area contributed by atoms with Crippen LogP contribution in [0.4, 0.5) is 5.69 Å². The average Bonchev–Trinajstić information content (AvgIpc) is 3.04. The van der Waals surface area contributed by atoms with Crippen LogP contribution < -0.4 is 10.6 Å². The van der Waals surface area contributed by atoms with E-state index in [1.807, 2.05) is 13.0 Å². The average molecular weight is 232 g/mol. The van der Waals surface area contributed by atoms with E-state index in [-0.39, 0.29) is 11.8 Å². The van der Waals surface area contributed by atoms with E-state index in [0.29, 0.717) is 17.3 Å². The molecule has 1 aliphatic rings. The van der Waals surface area contributed by atoms with Crippen molar-refractivity contribution in [3.8, 4) is 0 Å². The Morgan fingerprint density at radius 2 is 2.00 bits per heavy atom. The monoisotopic (exact) mass is 232 g/mol. The van der Waals surface area contributed by atoms with E-state index in [4.69, 9.17) is 0 Å². The number of nitrogens with one attached hydrogen (secondary N) is 2. The van der Waals surface area contributed by atoms with Gasteiger partial charge in [-0.25, -0.2) is 0 Å². The molecule has 1 aromatic carbocycles. The Morgan fingerprint density at radius 3 is 2.59 bits per heavy atom. The second kappa shape index (κ2) is 4.57. The number of anilines is 1. The Balaban J connectivity index is 2.16. The summed E-state index contributed by atoms with van der Waals surface area (Å²) in [5, 5.41) is 5.64. The van der Waals surface area contributed by atoms with Crippen LogP contribution in [0.2, 0.25) is 0 Å². The number of aryl methyl sites for hydroxylation is 1. The quantitative estimate of drug-likeness (QED) is 0.835. The minimum absolute atomic E-state index is 0.0703. The highest BCUT2D eigenvalue weighted by molar-refractivity contribution is 5.97. The van der Waals surface area contributed by atoms with Crippen LogP contribution >= 0.6 is 0 Å². The van der Waals surface area contributed by atoms with Gasteiger partial charge in [0.15, 0.2) is 0 Å². The first-order valence-electron chi connectivity index (χ1n) is 5.75. The van der Waals surface area contributed by atoms with Gasteiger partial charge in [-0.15, -0.1) is 0 Å². The second-order valence-electron chi connectivity index (χ2n) is 4.46. The van der Waals surface area contributed by atoms with Gasteiger partial charge in [-0.3, -0.25) is 9.59 Å². The molecule has 0 saturated heterocycles. The first kappa shape index (κ1) is 11.6. The molecule has 0 atom stereocenters. The van der Waals surface area contributed by atoms with Crippen molar-refractivity contribution in [2.24, 2.45) is 0 Å². The fraction of sp³-hybridized carbons (Fsp3) is 0.385. The molecule has 0 radical (unpaired) electrons. The van der Waals surface area contributed by atoms with Crippen molar-refractivity contribution in [2.75, 3.05) is 5.32 Å². The van der Waals surface area contributed by atoms with Gasteiger partial charge in [0, 0.05) is 24.2 Å². The lowest BCUT2D eigenvalue weighted by atomic mass is 10.1. The third kappa shape index (κ3) is 3.06. The van der Waals surface area contributed by atoms with E-state index in [0.717, 1.165) is 18.4 Å². The lowest BCUT2D eigenvalue weighted by Gasteiger charge is -2.09. The van der Waals surface area contributed by atoms with Crippen LogP contribution in [0.3, 0.4) is 0 Å². The van der Waals surface area contributed by atoms with Crippen LogP contribution in [0.1, 0.15) is 35.7 Å². The largest absolute Gasteiger partial charge is 0.349 e. The zero-order valence-corrected chi connectivity index (χ0v) is 10.0. The maximum atomic E-state index is 11.8. The highest BCUT2D eigenvalue weighted by Gasteiger charge is 2.23. The molecule has 0 aliphatic heterocycles. The predicted molar refractivity (Wildman–Crippen MR) is 66.0 cm³/mol. The number of rotatable bonds is 3. The molecule has 0 spiro atoms. The molecule has 1 aromatic rings. The Labute approximate surface area is 100 Å². The summed E-state index contributed by atoms with van der Waals surface area (Å²) in [7, 11) is 0. The lowest BCUT2D eigenvalue weighted by Crippen LogP contribution is -2.25. The summed E-state index contributed by atoms with van der Waals surface area (Å²) in [6.07, 6.45) is 2.13. The molecule has 0 unspecified atom stereocenters. The Hall–Kier alpha value is -1.84. The lowest BCUT2D eigenvalue weighted by molar-refractivity contribution is -0.114. The Kier molecular flexibility index (Phi) is 3.13. The van der Waals surface area contributed by atoms with E-state index in [9.17, 15) is 9.59 Å². The van der Waals surface area contributed by atoms with Crippen LogP contribution in [0.15, 0.2) is 18.2 Å². The van der Waals surface area contributed by atoms with Gasteiger partial charge in [0.1, 0.15) is 0 Å². The molecule has 4 nitrogen and oxygen atoms in total. The van der Waals surface area contributed by atoms with Crippen LogP contribution in [-0.4, -0.2) is 17.9 Å². The van der Waals surface area contributed by atoms with Gasteiger partial charge in [-0.05, 0) is 37.5 Å². The normalized spacial score (nSPS) is 14.2. The molecule has 4 heteroatoms. The first-order chi connectivity index (χ1) is 8.06. The van der Waals surface area contributed by atoms with Crippen molar-refractivity contribution in [1.29, 1.82) is 0 Å². The number of hydrogen-bond acceptors (Lipinski definition) is 2. The molecule has 0 aromatic heterocycles. The third-order valence-corrected chi connectivity index (χ3v) is 2.72. The van der Waals surface area contributed by atoms with E-state index < -0.39 is 0 Å². The van der Waals surface area contributed by atoms with Crippen molar-refractivity contribution in [1.82, 2.24) is 5.32 Å². The SMILES string of the molecule is CC(=O)Nc1cc(C(=O)NC2CC2)ccc1C. The highest BCUT2D eigenvalue weighted by Crippen LogP contribution is 2.21. The van der Waals surface area contributed by atoms with E-state index in [2.05, 4.69) is 10.6 Å². The second-order valence-corrected chi connectivity index (χ2v) is 4.46. The van der Waals surface area contributed by atoms with Crippen molar-refractivity contribution >= 4 is 17.5 Å². The zero-order chi connectivity index (χ0) is 12.4. The fourth-order valence-electron chi connectivity index (χ4n) is 1.58. The van der Waals surface area contributed by atoms with Crippen molar-refractivity contribution in [3.63, 3.8) is 0 Å². The van der Waals surface area contributed by atoms with Crippen molar-refractivity contribution in [2.45, 2.75) is 32.7 Å². The van der Waals surface area contributed by atoms with E-state index >= 15 is 0 Å². The summed E-state index contributed by atoms with van der Waals surface area (Å²) >= 11 is 0. The van der Waals surface area contributed by atoms with E-state index in [1.54, 1.807) is 12.1 Å². The molecule has 90 valence electrons. The summed E-state index contributed by atoms with van der Waals surface area (Å²) in [5.74, 6) is -0.202. The van der Waals surface area contributed by atoms with Gasteiger partial charge in [0.2, 0.25) is 5.91 Å². The number of hydrogen-bond donors (Lipinski definition) is 2. The number of benzene rings is 1. The molecular formula is C13H16N2O2. The molecule has 1 aliphatic carbocycles. The predicted octanol–water partition coefficient (Wildman–Crippen LogP) is 1.85. The van der Waals surface area contributed by atoms with Crippen molar-refractivity contribution < 1.29 is 9.59 Å². The summed E-state index contributed by atoms with van der Waals surface area (Å²) in [6, 6.07) is 5.67. The molecule has 1 saturated carbocycles. The Morgan fingerprint density at radius 1 is 1.29 bits per heavy atom. The van der Waals surface area contributed by atoms with Crippen LogP contribution in [-0.2, 0) is 4.79 Å². The number of amides is 2. The van der Waals surface area contributed by atoms with Crippen LogP contribution in [0, 0.1) is 6.92 Å². The van der Waals surface area contributed by atoms with Gasteiger partial charge < -0.3 is 10.6 Å². The van der Waals surface area contributed by atoms with Gasteiger partial charge in [0.05, 0.1) is 0 Å². The minimum Gasteiger partial charge on any atom is -0.349 e. The molecular weight excluding hydrogens is 216 g/mol. The standard InChI is InChI=1S/C13H16N2O2/c1-8-3-4-10(7-12(8)14-9(2)16)13(17)15-11-5-6-11/h3-4,7,11H,5-6H2,1-2H3,(H,14,16)(H,15,17). The molecule has 2 amide bonds. The molecule has 1 fully saturated rings. The van der Waals surface area contributed by atoms with Crippen molar-refractivity contribution in [3.05, 3.63) is 29.3 Å². The molecule has 2 N–H and O–H groups in total. The smallest absolute Gasteiger partial charge is 0.251 e. The molecule has 0 heterocycles. The van der Waals surface area contributed by atoms with Crippen LogP contribution in [0.25, 0.3) is 0 Å². The minimum atomic E-state index is -0.132. The highest BCUT2D eigenvalue weighted by atomic mass is 16.2. The number of carbonyl (C=O) groups is 2. The van der Waals surface area contributed by atoms with Gasteiger partial charge in [-0.1, -0.05) is 6.07 Å². The Bertz CT molecular complexity index is 464. The number of carbonyl (C=O) groups excluding carboxylic acids is 2. The summed E-state index contributed by atoms with van der Waals surface area (Å²) in [6.45, 7) is 3.35. The van der Waals surface area contributed by atoms with Gasteiger partial charge in [0.25, 0.3) is 5.91 Å². The first-order valence-corrected chi connectivity index (χ1v) is 5.75. The maximum absolute atomic E-state index is 11.8. The van der Waals surface area contributed by atoms with Crippen LogP contribution in [0.5, 0.6) is 0 Å². The molecule has 17 heavy (non-hydrogen) atoms. The van der Waals surface area contributed by atoms with E-state index in [1.165, 1.54) is 6.92 Å². The summed E-state index contributed by atoms with van der Waals surface area (Å²) in [4.78, 5) is 22.8. The fourth-order valence-corrected chi connectivity index (χ4v) is 1.58. The van der Waals surface area contributed by atoms with Gasteiger partial charge in [-0.2, -0.15) is 0 Å². The summed E-state index contributed by atoms with van der Waals surface area (Å²) in [5.41, 5.74) is 2.23. The third-order valence-electron chi connectivity index (χ3n) is 2.72. The maximum Gasteiger partial charge on any atom is 0.251 e. The molecule has 0 bridgehead atoms. The summed E-state index contributed by atoms with van der Waals surface area (Å²) < 4.78 is 0. The zero-order valence-electron chi connectivity index (χ0n) is 10.0.